The lowest BCUT2D eigenvalue weighted by Crippen LogP contribution is -1.98. The SMILES string of the molecule is C(=N\Nc1nc2ccccc2s1)/c1ccccc1OCc1ccccc1. The Morgan fingerprint density at radius 3 is 2.58 bits per heavy atom. The highest BCUT2D eigenvalue weighted by molar-refractivity contribution is 7.22. The van der Waals surface area contributed by atoms with Crippen molar-refractivity contribution in [2.75, 3.05) is 5.43 Å². The molecule has 5 heteroatoms. The second kappa shape index (κ2) is 7.80. The summed E-state index contributed by atoms with van der Waals surface area (Å²) in [6.45, 7) is 0.525. The van der Waals surface area contributed by atoms with Crippen LogP contribution in [0.1, 0.15) is 11.1 Å². The van der Waals surface area contributed by atoms with Gasteiger partial charge in [0.1, 0.15) is 12.4 Å². The highest BCUT2D eigenvalue weighted by Gasteiger charge is 2.03. The molecule has 4 aromatic rings. The Balaban J connectivity index is 1.44. The van der Waals surface area contributed by atoms with Gasteiger partial charge >= 0.3 is 0 Å². The molecule has 128 valence electrons. The van der Waals surface area contributed by atoms with E-state index in [0.717, 1.165) is 32.2 Å². The number of hydrazone groups is 1. The Bertz CT molecular complexity index is 995. The summed E-state index contributed by atoms with van der Waals surface area (Å²) in [7, 11) is 0. The molecule has 1 heterocycles. The molecule has 0 fully saturated rings. The molecule has 0 aliphatic carbocycles. The minimum Gasteiger partial charge on any atom is -0.488 e. The van der Waals surface area contributed by atoms with Gasteiger partial charge in [0, 0.05) is 5.56 Å². The van der Waals surface area contributed by atoms with Crippen molar-refractivity contribution in [1.82, 2.24) is 4.98 Å². The predicted molar refractivity (Wildman–Crippen MR) is 108 cm³/mol. The molecule has 4 nitrogen and oxygen atoms in total. The Morgan fingerprint density at radius 2 is 1.69 bits per heavy atom. The van der Waals surface area contributed by atoms with Gasteiger partial charge < -0.3 is 4.74 Å². The number of hydrogen-bond acceptors (Lipinski definition) is 5. The van der Waals surface area contributed by atoms with E-state index in [2.05, 4.69) is 21.6 Å². The number of rotatable bonds is 6. The Morgan fingerprint density at radius 1 is 0.923 bits per heavy atom. The van der Waals surface area contributed by atoms with Gasteiger partial charge in [-0.15, -0.1) is 0 Å². The number of nitrogens with one attached hydrogen (secondary N) is 1. The fraction of sp³-hybridized carbons (Fsp3) is 0.0476. The lowest BCUT2D eigenvalue weighted by atomic mass is 10.2. The van der Waals surface area contributed by atoms with Crippen LogP contribution in [0.3, 0.4) is 0 Å². The minimum atomic E-state index is 0.525. The van der Waals surface area contributed by atoms with Crippen LogP contribution < -0.4 is 10.2 Å². The monoisotopic (exact) mass is 359 g/mol. The van der Waals surface area contributed by atoms with Crippen molar-refractivity contribution in [3.05, 3.63) is 90.0 Å². The maximum atomic E-state index is 5.94. The third-order valence-electron chi connectivity index (χ3n) is 3.81. The summed E-state index contributed by atoms with van der Waals surface area (Å²) in [6.07, 6.45) is 1.76. The summed E-state index contributed by atoms with van der Waals surface area (Å²) >= 11 is 1.58. The van der Waals surface area contributed by atoms with Crippen LogP contribution in [0.25, 0.3) is 10.2 Å². The van der Waals surface area contributed by atoms with Crippen molar-refractivity contribution in [1.29, 1.82) is 0 Å². The maximum Gasteiger partial charge on any atom is 0.204 e. The first-order chi connectivity index (χ1) is 12.9. The number of fused-ring (bicyclic) bond motifs is 1. The maximum absolute atomic E-state index is 5.94. The zero-order chi connectivity index (χ0) is 17.6. The Hall–Kier alpha value is -3.18. The second-order valence-corrected chi connectivity index (χ2v) is 6.70. The van der Waals surface area contributed by atoms with Crippen molar-refractivity contribution in [2.24, 2.45) is 5.10 Å². The molecule has 0 atom stereocenters. The zero-order valence-electron chi connectivity index (χ0n) is 14.0. The average molecular weight is 359 g/mol. The quantitative estimate of drug-likeness (QED) is 0.374. The van der Waals surface area contributed by atoms with E-state index in [1.165, 1.54) is 0 Å². The second-order valence-electron chi connectivity index (χ2n) is 5.67. The molecule has 0 unspecified atom stereocenters. The summed E-state index contributed by atoms with van der Waals surface area (Å²) < 4.78 is 7.08. The Labute approximate surface area is 155 Å². The molecule has 0 aliphatic heterocycles. The fourth-order valence-corrected chi connectivity index (χ4v) is 3.35. The van der Waals surface area contributed by atoms with Crippen LogP contribution in [-0.4, -0.2) is 11.2 Å². The molecule has 26 heavy (non-hydrogen) atoms. The first-order valence-electron chi connectivity index (χ1n) is 8.29. The molecule has 0 aliphatic rings. The number of benzene rings is 3. The lowest BCUT2D eigenvalue weighted by Gasteiger charge is -2.08. The number of thiazole rings is 1. The van der Waals surface area contributed by atoms with Crippen LogP contribution in [-0.2, 0) is 6.61 Å². The van der Waals surface area contributed by atoms with E-state index in [-0.39, 0.29) is 0 Å². The van der Waals surface area contributed by atoms with Crippen molar-refractivity contribution >= 4 is 32.9 Å². The highest BCUT2D eigenvalue weighted by Crippen LogP contribution is 2.25. The van der Waals surface area contributed by atoms with Gasteiger partial charge in [-0.25, -0.2) is 4.98 Å². The molecule has 1 N–H and O–H groups in total. The molecular weight excluding hydrogens is 342 g/mol. The van der Waals surface area contributed by atoms with Gasteiger partial charge in [-0.2, -0.15) is 5.10 Å². The van der Waals surface area contributed by atoms with Crippen LogP contribution >= 0.6 is 11.3 Å². The topological polar surface area (TPSA) is 46.5 Å². The van der Waals surface area contributed by atoms with E-state index in [1.807, 2.05) is 72.8 Å². The molecule has 0 bridgehead atoms. The normalized spacial score (nSPS) is 11.1. The summed E-state index contributed by atoms with van der Waals surface area (Å²) in [5, 5.41) is 5.08. The van der Waals surface area contributed by atoms with E-state index in [0.29, 0.717) is 6.61 Å². The van der Waals surface area contributed by atoms with Crippen LogP contribution in [0.15, 0.2) is 84.0 Å². The van der Waals surface area contributed by atoms with Crippen LogP contribution in [0.5, 0.6) is 5.75 Å². The van der Waals surface area contributed by atoms with Crippen molar-refractivity contribution in [3.63, 3.8) is 0 Å². The third kappa shape index (κ3) is 3.90. The van der Waals surface area contributed by atoms with E-state index < -0.39 is 0 Å². The molecule has 0 amide bonds. The van der Waals surface area contributed by atoms with E-state index in [4.69, 9.17) is 4.74 Å². The minimum absolute atomic E-state index is 0.525. The molecule has 0 saturated carbocycles. The van der Waals surface area contributed by atoms with Crippen molar-refractivity contribution < 1.29 is 4.74 Å². The molecule has 0 spiro atoms. The molecular formula is C21H17N3OS. The molecule has 4 rings (SSSR count). The summed E-state index contributed by atoms with van der Waals surface area (Å²) in [5.74, 6) is 0.797. The largest absolute Gasteiger partial charge is 0.488 e. The summed E-state index contributed by atoms with van der Waals surface area (Å²) in [6, 6.07) is 26.0. The van der Waals surface area contributed by atoms with Gasteiger partial charge in [-0.1, -0.05) is 65.9 Å². The van der Waals surface area contributed by atoms with Gasteiger partial charge in [-0.3, -0.25) is 5.43 Å². The van der Waals surface area contributed by atoms with Gasteiger partial charge in [0.15, 0.2) is 0 Å². The average Bonchev–Trinajstić information content (AvgIpc) is 3.11. The zero-order valence-corrected chi connectivity index (χ0v) is 14.8. The van der Waals surface area contributed by atoms with Gasteiger partial charge in [-0.05, 0) is 29.8 Å². The fourth-order valence-electron chi connectivity index (χ4n) is 2.53. The predicted octanol–water partition coefficient (Wildman–Crippen LogP) is 5.32. The first kappa shape index (κ1) is 16.3. The first-order valence-corrected chi connectivity index (χ1v) is 9.10. The van der Waals surface area contributed by atoms with Gasteiger partial charge in [0.05, 0.1) is 16.4 Å². The van der Waals surface area contributed by atoms with E-state index >= 15 is 0 Å². The van der Waals surface area contributed by atoms with Gasteiger partial charge in [0.2, 0.25) is 5.13 Å². The standard InChI is InChI=1S/C21H17N3OS/c1-2-8-16(9-3-1)15-25-19-12-6-4-10-17(19)14-22-24-21-23-18-11-5-7-13-20(18)26-21/h1-14H,15H2,(H,23,24)/b22-14+. The lowest BCUT2D eigenvalue weighted by molar-refractivity contribution is 0.306. The number of para-hydroxylation sites is 2. The number of ether oxygens (including phenoxy) is 1. The molecule has 1 aromatic heterocycles. The van der Waals surface area contributed by atoms with Crippen molar-refractivity contribution in [3.8, 4) is 5.75 Å². The number of nitrogens with zero attached hydrogens (tertiary/aromatic N) is 2. The van der Waals surface area contributed by atoms with Crippen LogP contribution in [0, 0.1) is 0 Å². The smallest absolute Gasteiger partial charge is 0.204 e. The molecule has 0 saturated heterocycles. The van der Waals surface area contributed by atoms with Crippen LogP contribution in [0.2, 0.25) is 0 Å². The van der Waals surface area contributed by atoms with E-state index in [9.17, 15) is 0 Å². The van der Waals surface area contributed by atoms with Crippen LogP contribution in [0.4, 0.5) is 5.13 Å². The molecule has 3 aromatic carbocycles. The highest BCUT2D eigenvalue weighted by atomic mass is 32.1. The van der Waals surface area contributed by atoms with Gasteiger partial charge in [0.25, 0.3) is 0 Å². The van der Waals surface area contributed by atoms with Crippen molar-refractivity contribution in [2.45, 2.75) is 6.61 Å². The number of anilines is 1. The Kier molecular flexibility index (Phi) is 4.89. The summed E-state index contributed by atoms with van der Waals surface area (Å²) in [5.41, 5.74) is 6.02. The third-order valence-corrected chi connectivity index (χ3v) is 4.75. The van der Waals surface area contributed by atoms with E-state index in [1.54, 1.807) is 17.6 Å². The summed E-state index contributed by atoms with van der Waals surface area (Å²) in [4.78, 5) is 4.50. The molecule has 0 radical (unpaired) electrons. The number of aromatic nitrogens is 1. The number of hydrogen-bond donors (Lipinski definition) is 1.